The number of nitriles is 1. The first-order chi connectivity index (χ1) is 13.1. The number of ether oxygens (including phenoxy) is 1. The second kappa shape index (κ2) is 8.39. The summed E-state index contributed by atoms with van der Waals surface area (Å²) in [4.78, 5) is 4.36. The zero-order chi connectivity index (χ0) is 19.2. The molecule has 0 aliphatic rings. The van der Waals surface area contributed by atoms with E-state index in [1.165, 1.54) is 0 Å². The van der Waals surface area contributed by atoms with Gasteiger partial charge in [0.2, 0.25) is 0 Å². The van der Waals surface area contributed by atoms with Crippen LogP contribution in [0.2, 0.25) is 5.02 Å². The minimum absolute atomic E-state index is 0.107. The van der Waals surface area contributed by atoms with Crippen molar-refractivity contribution >= 4 is 23.5 Å². The lowest BCUT2D eigenvalue weighted by atomic mass is 9.92. The maximum Gasteiger partial charge on any atom is 0.124 e. The Balaban J connectivity index is 1.88. The molecule has 3 aromatic rings. The quantitative estimate of drug-likeness (QED) is 0.601. The zero-order valence-corrected chi connectivity index (χ0v) is 15.4. The Morgan fingerprint density at radius 1 is 1.11 bits per heavy atom. The first kappa shape index (κ1) is 18.5. The normalized spacial score (nSPS) is 11.9. The van der Waals surface area contributed by atoms with Crippen LogP contribution >= 0.6 is 11.6 Å². The van der Waals surface area contributed by atoms with E-state index in [1.54, 1.807) is 49.7 Å². The number of hydrogen-bond donors (Lipinski definition) is 1. The van der Waals surface area contributed by atoms with Crippen molar-refractivity contribution in [3.8, 4) is 17.6 Å². The van der Waals surface area contributed by atoms with Crippen molar-refractivity contribution in [2.75, 3.05) is 7.11 Å². The molecule has 1 atom stereocenters. The number of phenolic OH excluding ortho intramolecular Hbond substituents is 1. The molecule has 134 valence electrons. The molecular formula is C22H17ClN2O2. The van der Waals surface area contributed by atoms with Gasteiger partial charge < -0.3 is 9.84 Å². The minimum atomic E-state index is -0.445. The van der Waals surface area contributed by atoms with Gasteiger partial charge in [0.15, 0.2) is 0 Å². The third-order valence-corrected chi connectivity index (χ3v) is 4.47. The summed E-state index contributed by atoms with van der Waals surface area (Å²) in [7, 11) is 1.56. The van der Waals surface area contributed by atoms with E-state index in [0.29, 0.717) is 22.0 Å². The van der Waals surface area contributed by atoms with E-state index in [-0.39, 0.29) is 5.75 Å². The van der Waals surface area contributed by atoms with Crippen LogP contribution in [0.25, 0.3) is 0 Å². The molecule has 3 rings (SSSR count). The fraction of sp³-hybridized carbons (Fsp3) is 0.0909. The van der Waals surface area contributed by atoms with E-state index in [9.17, 15) is 10.4 Å². The van der Waals surface area contributed by atoms with Gasteiger partial charge in [-0.1, -0.05) is 48.0 Å². The molecule has 0 radical (unpaired) electrons. The van der Waals surface area contributed by atoms with E-state index in [0.717, 1.165) is 11.1 Å². The molecule has 0 saturated carbocycles. The Morgan fingerprint density at radius 3 is 2.56 bits per heavy atom. The molecule has 0 aliphatic heterocycles. The third-order valence-electron chi connectivity index (χ3n) is 4.14. The van der Waals surface area contributed by atoms with Crippen LogP contribution in [-0.4, -0.2) is 18.4 Å². The zero-order valence-electron chi connectivity index (χ0n) is 14.6. The minimum Gasteiger partial charge on any atom is -0.507 e. The molecule has 0 aliphatic carbocycles. The van der Waals surface area contributed by atoms with E-state index in [4.69, 9.17) is 16.3 Å². The lowest BCUT2D eigenvalue weighted by molar-refractivity contribution is 0.412. The molecule has 0 spiro atoms. The summed E-state index contributed by atoms with van der Waals surface area (Å²) in [5.41, 5.74) is 2.78. The summed E-state index contributed by atoms with van der Waals surface area (Å²) in [6.45, 7) is 0. The number of phenols is 1. The van der Waals surface area contributed by atoms with Crippen molar-refractivity contribution in [1.29, 1.82) is 5.26 Å². The highest BCUT2D eigenvalue weighted by atomic mass is 35.5. The van der Waals surface area contributed by atoms with Gasteiger partial charge in [-0.2, -0.15) is 5.26 Å². The number of nitrogens with zero attached hydrogens (tertiary/aromatic N) is 2. The highest BCUT2D eigenvalue weighted by molar-refractivity contribution is 6.31. The number of aliphatic imine (C=N–C) groups is 1. The first-order valence-corrected chi connectivity index (χ1v) is 8.65. The topological polar surface area (TPSA) is 65.6 Å². The SMILES string of the molecule is COc1ccc(O)c(C=Nc2ccc([C@H](C#N)c3ccccc3)c(Cl)c2)c1. The Kier molecular flexibility index (Phi) is 5.75. The number of halogens is 1. The van der Waals surface area contributed by atoms with Crippen LogP contribution in [-0.2, 0) is 0 Å². The molecular weight excluding hydrogens is 360 g/mol. The number of rotatable bonds is 5. The highest BCUT2D eigenvalue weighted by Gasteiger charge is 2.16. The van der Waals surface area contributed by atoms with Crippen LogP contribution in [0, 0.1) is 11.3 Å². The second-order valence-corrected chi connectivity index (χ2v) is 6.27. The van der Waals surface area contributed by atoms with Gasteiger partial charge in [0.25, 0.3) is 0 Å². The lowest BCUT2D eigenvalue weighted by Crippen LogP contribution is -1.98. The molecule has 4 nitrogen and oxygen atoms in total. The molecule has 1 N–H and O–H groups in total. The summed E-state index contributed by atoms with van der Waals surface area (Å²) in [5.74, 6) is 0.289. The second-order valence-electron chi connectivity index (χ2n) is 5.86. The van der Waals surface area contributed by atoms with Crippen LogP contribution in [0.3, 0.4) is 0 Å². The smallest absolute Gasteiger partial charge is 0.124 e. The molecule has 0 fully saturated rings. The molecule has 27 heavy (non-hydrogen) atoms. The maximum atomic E-state index is 9.93. The Hall–Kier alpha value is -3.29. The number of methoxy groups -OCH3 is 1. The molecule has 0 heterocycles. The standard InChI is InChI=1S/C22H17ClN2O2/c1-27-18-8-10-22(26)16(11-18)14-25-17-7-9-19(21(23)12-17)20(13-24)15-5-3-2-4-6-15/h2-12,14,20,26H,1H3/t20-/m1/s1. The van der Waals surface area contributed by atoms with Gasteiger partial charge in [0.05, 0.1) is 24.8 Å². The molecule has 0 saturated heterocycles. The van der Waals surface area contributed by atoms with Gasteiger partial charge in [-0.15, -0.1) is 0 Å². The summed E-state index contributed by atoms with van der Waals surface area (Å²) in [5, 5.41) is 20.0. The third kappa shape index (κ3) is 4.28. The number of benzene rings is 3. The van der Waals surface area contributed by atoms with Gasteiger partial charge >= 0.3 is 0 Å². The van der Waals surface area contributed by atoms with Crippen molar-refractivity contribution in [2.24, 2.45) is 4.99 Å². The number of hydrogen-bond acceptors (Lipinski definition) is 4. The van der Waals surface area contributed by atoms with Crippen LogP contribution in [0.5, 0.6) is 11.5 Å². The molecule has 0 amide bonds. The molecule has 0 aromatic heterocycles. The van der Waals surface area contributed by atoms with Gasteiger partial charge in [-0.25, -0.2) is 0 Å². The molecule has 5 heteroatoms. The highest BCUT2D eigenvalue weighted by Crippen LogP contribution is 2.32. The van der Waals surface area contributed by atoms with Crippen molar-refractivity contribution in [1.82, 2.24) is 0 Å². The average molecular weight is 377 g/mol. The first-order valence-electron chi connectivity index (χ1n) is 8.27. The molecule has 3 aromatic carbocycles. The molecule has 0 bridgehead atoms. The fourth-order valence-corrected chi connectivity index (χ4v) is 2.99. The van der Waals surface area contributed by atoms with Crippen molar-refractivity contribution in [3.63, 3.8) is 0 Å². The Morgan fingerprint density at radius 2 is 1.89 bits per heavy atom. The molecule has 0 unspecified atom stereocenters. The largest absolute Gasteiger partial charge is 0.507 e. The van der Waals surface area contributed by atoms with E-state index >= 15 is 0 Å². The average Bonchev–Trinajstić information content (AvgIpc) is 2.70. The summed E-state index contributed by atoms with van der Waals surface area (Å²) >= 11 is 6.42. The van der Waals surface area contributed by atoms with Crippen molar-refractivity contribution in [3.05, 3.63) is 88.4 Å². The van der Waals surface area contributed by atoms with Crippen molar-refractivity contribution in [2.45, 2.75) is 5.92 Å². The predicted molar refractivity (Wildman–Crippen MR) is 107 cm³/mol. The van der Waals surface area contributed by atoms with Gasteiger partial charge in [0, 0.05) is 16.8 Å². The van der Waals surface area contributed by atoms with E-state index in [1.807, 2.05) is 30.3 Å². The van der Waals surface area contributed by atoms with Crippen LogP contribution in [0.15, 0.2) is 71.7 Å². The van der Waals surface area contributed by atoms with Gasteiger partial charge in [-0.3, -0.25) is 4.99 Å². The summed E-state index contributed by atoms with van der Waals surface area (Å²) in [6, 6.07) is 22.0. The summed E-state index contributed by atoms with van der Waals surface area (Å²) in [6.07, 6.45) is 1.54. The Labute approximate surface area is 163 Å². The maximum absolute atomic E-state index is 9.93. The van der Waals surface area contributed by atoms with Crippen LogP contribution in [0.4, 0.5) is 5.69 Å². The van der Waals surface area contributed by atoms with Gasteiger partial charge in [-0.05, 0) is 41.5 Å². The van der Waals surface area contributed by atoms with Crippen LogP contribution in [0.1, 0.15) is 22.6 Å². The van der Waals surface area contributed by atoms with Gasteiger partial charge in [0.1, 0.15) is 11.5 Å². The monoisotopic (exact) mass is 376 g/mol. The predicted octanol–water partition coefficient (Wildman–Crippen LogP) is 5.46. The van der Waals surface area contributed by atoms with E-state index < -0.39 is 5.92 Å². The lowest BCUT2D eigenvalue weighted by Gasteiger charge is -2.12. The Bertz CT molecular complexity index is 1010. The van der Waals surface area contributed by atoms with E-state index in [2.05, 4.69) is 11.1 Å². The fourth-order valence-electron chi connectivity index (χ4n) is 2.71. The van der Waals surface area contributed by atoms with Crippen molar-refractivity contribution < 1.29 is 9.84 Å². The summed E-state index contributed by atoms with van der Waals surface area (Å²) < 4.78 is 5.15. The number of aromatic hydroxyl groups is 1. The van der Waals surface area contributed by atoms with Crippen LogP contribution < -0.4 is 4.74 Å².